The summed E-state index contributed by atoms with van der Waals surface area (Å²) in [5.41, 5.74) is 0. The van der Waals surface area contributed by atoms with Gasteiger partial charge in [-0.3, -0.25) is 9.79 Å². The van der Waals surface area contributed by atoms with Crippen LogP contribution in [0.2, 0.25) is 0 Å². The Kier molecular flexibility index (Phi) is 7.54. The molecule has 0 spiro atoms. The van der Waals surface area contributed by atoms with Crippen molar-refractivity contribution in [3.8, 4) is 0 Å². The molecule has 5 nitrogen and oxygen atoms in total. The summed E-state index contributed by atoms with van der Waals surface area (Å²) in [6.45, 7) is 11.9. The lowest BCUT2D eigenvalue weighted by Gasteiger charge is -2.22. The average molecular weight is 296 g/mol. The predicted molar refractivity (Wildman–Crippen MR) is 88.3 cm³/mol. The van der Waals surface area contributed by atoms with Crippen LogP contribution >= 0.6 is 0 Å². The number of likely N-dealkylation sites (tertiary alicyclic amines) is 1. The third-order valence-electron chi connectivity index (χ3n) is 3.83. The van der Waals surface area contributed by atoms with Gasteiger partial charge < -0.3 is 15.5 Å². The van der Waals surface area contributed by atoms with Crippen LogP contribution in [0.25, 0.3) is 0 Å². The van der Waals surface area contributed by atoms with E-state index in [1.54, 1.807) is 0 Å². The van der Waals surface area contributed by atoms with Crippen molar-refractivity contribution < 1.29 is 4.79 Å². The van der Waals surface area contributed by atoms with Gasteiger partial charge in [-0.2, -0.15) is 0 Å². The van der Waals surface area contributed by atoms with Gasteiger partial charge in [-0.1, -0.05) is 27.7 Å². The molecule has 1 heterocycles. The molecule has 0 aliphatic carbocycles. The van der Waals surface area contributed by atoms with Gasteiger partial charge in [-0.25, -0.2) is 0 Å². The third kappa shape index (κ3) is 6.36. The van der Waals surface area contributed by atoms with Gasteiger partial charge in [0.25, 0.3) is 0 Å². The van der Waals surface area contributed by atoms with E-state index in [9.17, 15) is 4.79 Å². The van der Waals surface area contributed by atoms with Gasteiger partial charge in [0.05, 0.1) is 0 Å². The number of rotatable bonds is 6. The Balaban J connectivity index is 2.28. The number of aliphatic imine (C=N–C) groups is 1. The number of carbonyl (C=O) groups is 1. The summed E-state index contributed by atoms with van der Waals surface area (Å²) < 4.78 is 0. The Morgan fingerprint density at radius 1 is 1.24 bits per heavy atom. The van der Waals surface area contributed by atoms with Crippen molar-refractivity contribution in [3.63, 3.8) is 0 Å². The fraction of sp³-hybridized carbons (Fsp3) is 0.875. The highest BCUT2D eigenvalue weighted by atomic mass is 16.1. The highest BCUT2D eigenvalue weighted by Gasteiger charge is 2.25. The molecule has 1 amide bonds. The van der Waals surface area contributed by atoms with Gasteiger partial charge in [0.15, 0.2) is 5.96 Å². The summed E-state index contributed by atoms with van der Waals surface area (Å²) >= 11 is 0. The third-order valence-corrected chi connectivity index (χ3v) is 3.83. The average Bonchev–Trinajstić information content (AvgIpc) is 2.85. The van der Waals surface area contributed by atoms with Crippen LogP contribution < -0.4 is 10.6 Å². The maximum atomic E-state index is 11.5. The van der Waals surface area contributed by atoms with E-state index >= 15 is 0 Å². The predicted octanol–water partition coefficient (Wildman–Crippen LogP) is 1.70. The Labute approximate surface area is 129 Å². The van der Waals surface area contributed by atoms with Crippen LogP contribution in [0.4, 0.5) is 0 Å². The van der Waals surface area contributed by atoms with Crippen molar-refractivity contribution in [1.82, 2.24) is 15.5 Å². The molecule has 1 unspecified atom stereocenters. The van der Waals surface area contributed by atoms with Gasteiger partial charge in [-0.15, -0.1) is 0 Å². The van der Waals surface area contributed by atoms with Crippen LogP contribution in [0.15, 0.2) is 4.99 Å². The molecule has 1 saturated heterocycles. The van der Waals surface area contributed by atoms with Crippen LogP contribution in [-0.4, -0.2) is 50.0 Å². The van der Waals surface area contributed by atoms with E-state index in [2.05, 4.69) is 34.4 Å². The zero-order valence-electron chi connectivity index (χ0n) is 14.3. The molecule has 1 aliphatic heterocycles. The van der Waals surface area contributed by atoms with Crippen LogP contribution in [0.5, 0.6) is 0 Å². The lowest BCUT2D eigenvalue weighted by molar-refractivity contribution is -0.123. The molecule has 1 aliphatic rings. The van der Waals surface area contributed by atoms with Gasteiger partial charge >= 0.3 is 0 Å². The van der Waals surface area contributed by atoms with Crippen molar-refractivity contribution >= 4 is 11.9 Å². The van der Waals surface area contributed by atoms with Gasteiger partial charge in [0.1, 0.15) is 0 Å². The number of guanidine groups is 1. The molecule has 2 N–H and O–H groups in total. The fourth-order valence-electron chi connectivity index (χ4n) is 2.78. The molecular formula is C16H32N4O. The second kappa shape index (κ2) is 8.90. The van der Waals surface area contributed by atoms with E-state index in [0.29, 0.717) is 6.54 Å². The number of hydrogen-bond acceptors (Lipinski definition) is 2. The molecular weight excluding hydrogens is 264 g/mol. The number of nitrogens with one attached hydrogen (secondary N) is 2. The minimum absolute atomic E-state index is 0.0414. The first-order valence-electron chi connectivity index (χ1n) is 8.17. The van der Waals surface area contributed by atoms with E-state index in [-0.39, 0.29) is 11.8 Å². The summed E-state index contributed by atoms with van der Waals surface area (Å²) in [5.74, 6) is 2.64. The topological polar surface area (TPSA) is 56.7 Å². The normalized spacial score (nSPS) is 19.5. The zero-order valence-corrected chi connectivity index (χ0v) is 14.3. The molecule has 0 aromatic heterocycles. The first kappa shape index (κ1) is 17.8. The Morgan fingerprint density at radius 3 is 2.48 bits per heavy atom. The fourth-order valence-corrected chi connectivity index (χ4v) is 2.78. The molecule has 5 heteroatoms. The monoisotopic (exact) mass is 296 g/mol. The van der Waals surface area contributed by atoms with Crippen LogP contribution in [0.1, 0.15) is 40.5 Å². The molecule has 1 rings (SSSR count). The maximum absolute atomic E-state index is 11.5. The maximum Gasteiger partial charge on any atom is 0.222 e. The molecule has 21 heavy (non-hydrogen) atoms. The molecule has 1 atom stereocenters. The lowest BCUT2D eigenvalue weighted by atomic mass is 9.97. The molecule has 122 valence electrons. The Morgan fingerprint density at radius 2 is 1.90 bits per heavy atom. The smallest absolute Gasteiger partial charge is 0.222 e. The summed E-state index contributed by atoms with van der Waals surface area (Å²) in [6, 6.07) is 0. The first-order valence-corrected chi connectivity index (χ1v) is 8.17. The number of nitrogens with zero attached hydrogens (tertiary/aromatic N) is 2. The van der Waals surface area contributed by atoms with Crippen molar-refractivity contribution in [2.24, 2.45) is 22.7 Å². The largest absolute Gasteiger partial charge is 0.354 e. The summed E-state index contributed by atoms with van der Waals surface area (Å²) in [6.07, 6.45) is 2.54. The van der Waals surface area contributed by atoms with Crippen molar-refractivity contribution in [2.75, 3.05) is 33.2 Å². The Hall–Kier alpha value is -1.26. The molecule has 0 radical (unpaired) electrons. The molecule has 0 aromatic carbocycles. The van der Waals surface area contributed by atoms with Gasteiger partial charge in [0, 0.05) is 39.1 Å². The van der Waals surface area contributed by atoms with Crippen LogP contribution in [-0.2, 0) is 4.79 Å². The molecule has 0 saturated carbocycles. The van der Waals surface area contributed by atoms with Gasteiger partial charge in [-0.05, 0) is 24.7 Å². The lowest BCUT2D eigenvalue weighted by Crippen LogP contribution is -2.43. The van der Waals surface area contributed by atoms with E-state index in [0.717, 1.165) is 37.4 Å². The number of hydrogen-bond donors (Lipinski definition) is 2. The van der Waals surface area contributed by atoms with Crippen molar-refractivity contribution in [2.45, 2.75) is 40.5 Å². The van der Waals surface area contributed by atoms with E-state index in [1.807, 2.05) is 20.9 Å². The van der Waals surface area contributed by atoms with Crippen LogP contribution in [0.3, 0.4) is 0 Å². The van der Waals surface area contributed by atoms with E-state index in [4.69, 9.17) is 0 Å². The molecule has 0 aromatic rings. The highest BCUT2D eigenvalue weighted by molar-refractivity contribution is 5.80. The summed E-state index contributed by atoms with van der Waals surface area (Å²) in [4.78, 5) is 18.2. The Bertz CT molecular complexity index is 352. The molecule has 0 bridgehead atoms. The number of amides is 1. The van der Waals surface area contributed by atoms with E-state index in [1.165, 1.54) is 12.8 Å². The minimum Gasteiger partial charge on any atom is -0.354 e. The molecule has 1 fully saturated rings. The van der Waals surface area contributed by atoms with Crippen molar-refractivity contribution in [3.05, 3.63) is 0 Å². The summed E-state index contributed by atoms with van der Waals surface area (Å²) in [5, 5.41) is 6.25. The minimum atomic E-state index is 0.0414. The van der Waals surface area contributed by atoms with Crippen molar-refractivity contribution in [1.29, 1.82) is 0 Å². The number of carbonyl (C=O) groups excluding carboxylic acids is 1. The standard InChI is InChI=1S/C16H32N4O/c1-12(2)10-14-6-9-20(11-14)16(17-5)19-8-7-18-15(21)13(3)4/h12-14H,6-11H2,1-5H3,(H,17,19)(H,18,21). The SMILES string of the molecule is CN=C(NCCNC(=O)C(C)C)N1CCC(CC(C)C)C1. The van der Waals surface area contributed by atoms with Crippen LogP contribution in [0, 0.1) is 17.8 Å². The second-order valence-electron chi connectivity index (χ2n) is 6.65. The summed E-state index contributed by atoms with van der Waals surface area (Å²) in [7, 11) is 1.82. The zero-order chi connectivity index (χ0) is 15.8. The second-order valence-corrected chi connectivity index (χ2v) is 6.65. The van der Waals surface area contributed by atoms with E-state index < -0.39 is 0 Å². The first-order chi connectivity index (χ1) is 9.93. The highest BCUT2D eigenvalue weighted by Crippen LogP contribution is 2.23. The quantitative estimate of drug-likeness (QED) is 0.446. The van der Waals surface area contributed by atoms with Gasteiger partial charge in [0.2, 0.25) is 5.91 Å².